The molecule has 0 heteroatoms. The first kappa shape index (κ1) is 11.0. The molecule has 0 aromatic heterocycles. The molecule has 0 N–H and O–H groups in total. The van der Waals surface area contributed by atoms with Crippen LogP contribution >= 0.6 is 0 Å². The predicted molar refractivity (Wildman–Crippen MR) is 52.8 cm³/mol. The molecule has 0 saturated heterocycles. The lowest BCUT2D eigenvalue weighted by molar-refractivity contribution is 0.616. The van der Waals surface area contributed by atoms with Crippen molar-refractivity contribution >= 4 is 0 Å². The van der Waals surface area contributed by atoms with Gasteiger partial charge in [-0.2, -0.15) is 0 Å². The van der Waals surface area contributed by atoms with Crippen molar-refractivity contribution in [1.29, 1.82) is 0 Å². The van der Waals surface area contributed by atoms with Gasteiger partial charge >= 0.3 is 0 Å². The van der Waals surface area contributed by atoms with E-state index in [2.05, 4.69) is 0 Å². The van der Waals surface area contributed by atoms with Gasteiger partial charge in [-0.25, -0.2) is 0 Å². The maximum atomic E-state index is 2.00. The van der Waals surface area contributed by atoms with Gasteiger partial charge in [-0.3, -0.25) is 0 Å². The van der Waals surface area contributed by atoms with E-state index in [0.717, 1.165) is 0 Å². The van der Waals surface area contributed by atoms with Crippen molar-refractivity contribution in [2.45, 2.75) is 59.8 Å². The summed E-state index contributed by atoms with van der Waals surface area (Å²) in [6, 6.07) is 0. The van der Waals surface area contributed by atoms with E-state index in [1.807, 2.05) is 13.8 Å². The zero-order valence-electron chi connectivity index (χ0n) is 7.40. The Labute approximate surface area is 72.4 Å². The quantitative estimate of drug-likeness (QED) is 0.573. The third-order valence-electron chi connectivity index (χ3n) is 2.38. The summed E-state index contributed by atoms with van der Waals surface area (Å²) in [7, 11) is 0. The first-order valence-electron chi connectivity index (χ1n) is 4.95. The van der Waals surface area contributed by atoms with Crippen molar-refractivity contribution in [2.75, 3.05) is 0 Å². The third-order valence-corrected chi connectivity index (χ3v) is 2.38. The molecule has 0 heterocycles. The van der Waals surface area contributed by atoms with Gasteiger partial charge in [0.25, 0.3) is 0 Å². The summed E-state index contributed by atoms with van der Waals surface area (Å²) < 4.78 is 0. The van der Waals surface area contributed by atoms with Crippen LogP contribution in [0.3, 0.4) is 0 Å². The molecule has 0 aliphatic heterocycles. The topological polar surface area (TPSA) is 0 Å². The largest absolute Gasteiger partial charge is 0.0776 e. The van der Waals surface area contributed by atoms with Gasteiger partial charge in [-0.1, -0.05) is 59.8 Å². The SMILES string of the molecule is C.C1CC1CCC1CC1.CC. The second-order valence-corrected chi connectivity index (χ2v) is 3.46. The molecule has 0 atom stereocenters. The van der Waals surface area contributed by atoms with Crippen LogP contribution in [0.2, 0.25) is 0 Å². The van der Waals surface area contributed by atoms with E-state index in [9.17, 15) is 0 Å². The van der Waals surface area contributed by atoms with Crippen LogP contribution in [0.4, 0.5) is 0 Å². The van der Waals surface area contributed by atoms with E-state index in [1.165, 1.54) is 11.8 Å². The minimum absolute atomic E-state index is 0. The van der Waals surface area contributed by atoms with Crippen LogP contribution < -0.4 is 0 Å². The second kappa shape index (κ2) is 5.62. The molecule has 2 saturated carbocycles. The van der Waals surface area contributed by atoms with Crippen LogP contribution in [-0.4, -0.2) is 0 Å². The summed E-state index contributed by atoms with van der Waals surface area (Å²) in [5.41, 5.74) is 0. The molecule has 0 amide bonds. The Morgan fingerprint density at radius 1 is 0.818 bits per heavy atom. The molecule has 2 fully saturated rings. The lowest BCUT2D eigenvalue weighted by Crippen LogP contribution is -1.77. The van der Waals surface area contributed by atoms with Crippen molar-refractivity contribution in [3.63, 3.8) is 0 Å². The number of hydrogen-bond acceptors (Lipinski definition) is 0. The Kier molecular flexibility index (Phi) is 5.62. The van der Waals surface area contributed by atoms with Gasteiger partial charge in [0.05, 0.1) is 0 Å². The fourth-order valence-corrected chi connectivity index (χ4v) is 1.28. The number of rotatable bonds is 3. The Balaban J connectivity index is 0.000000311. The molecule has 0 unspecified atom stereocenters. The third kappa shape index (κ3) is 5.29. The maximum absolute atomic E-state index is 2.00. The Bertz CT molecular complexity index is 66.0. The van der Waals surface area contributed by atoms with Crippen LogP contribution in [-0.2, 0) is 0 Å². The van der Waals surface area contributed by atoms with E-state index < -0.39 is 0 Å². The van der Waals surface area contributed by atoms with Crippen molar-refractivity contribution in [3.8, 4) is 0 Å². The first-order chi connectivity index (χ1) is 4.95. The molecule has 0 spiro atoms. The van der Waals surface area contributed by atoms with Gasteiger partial charge in [0.15, 0.2) is 0 Å². The van der Waals surface area contributed by atoms with Crippen LogP contribution in [0.15, 0.2) is 0 Å². The van der Waals surface area contributed by atoms with E-state index in [-0.39, 0.29) is 7.43 Å². The van der Waals surface area contributed by atoms with Crippen LogP contribution in [0.5, 0.6) is 0 Å². The molecule has 2 rings (SSSR count). The van der Waals surface area contributed by atoms with Gasteiger partial charge in [-0.15, -0.1) is 0 Å². The van der Waals surface area contributed by atoms with Gasteiger partial charge in [0.2, 0.25) is 0 Å². The minimum Gasteiger partial charge on any atom is -0.0776 e. The highest BCUT2D eigenvalue weighted by Crippen LogP contribution is 2.40. The van der Waals surface area contributed by atoms with Gasteiger partial charge < -0.3 is 0 Å². The molecule has 0 aromatic carbocycles. The van der Waals surface area contributed by atoms with Crippen molar-refractivity contribution in [3.05, 3.63) is 0 Å². The zero-order chi connectivity index (χ0) is 7.40. The normalized spacial score (nSPS) is 21.3. The van der Waals surface area contributed by atoms with Gasteiger partial charge in [-0.05, 0) is 11.8 Å². The van der Waals surface area contributed by atoms with Gasteiger partial charge in [0.1, 0.15) is 0 Å². The van der Waals surface area contributed by atoms with Crippen LogP contribution in [0.1, 0.15) is 59.8 Å². The summed E-state index contributed by atoms with van der Waals surface area (Å²) in [6.45, 7) is 4.00. The summed E-state index contributed by atoms with van der Waals surface area (Å²) in [5.74, 6) is 2.35. The smallest absolute Gasteiger partial charge is 0.0414 e. The fraction of sp³-hybridized carbons (Fsp3) is 1.00. The summed E-state index contributed by atoms with van der Waals surface area (Å²) >= 11 is 0. The highest BCUT2D eigenvalue weighted by molar-refractivity contribution is 4.79. The lowest BCUT2D eigenvalue weighted by Gasteiger charge is -1.91. The fourth-order valence-electron chi connectivity index (χ4n) is 1.28. The van der Waals surface area contributed by atoms with E-state index in [0.29, 0.717) is 0 Å². The summed E-state index contributed by atoms with van der Waals surface area (Å²) in [6.07, 6.45) is 9.31. The standard InChI is InChI=1S/C8H14.C2H6.CH4/c1-2-7(1)5-6-8-3-4-8;1-2;/h7-8H,1-6H2;1-2H3;1H4. The Hall–Kier alpha value is 0. The molecular weight excluding hydrogens is 132 g/mol. The van der Waals surface area contributed by atoms with Crippen LogP contribution in [0.25, 0.3) is 0 Å². The maximum Gasteiger partial charge on any atom is -0.0414 e. The molecule has 0 aromatic rings. The summed E-state index contributed by atoms with van der Waals surface area (Å²) in [4.78, 5) is 0. The van der Waals surface area contributed by atoms with E-state index >= 15 is 0 Å². The van der Waals surface area contributed by atoms with Crippen molar-refractivity contribution in [1.82, 2.24) is 0 Å². The molecule has 11 heavy (non-hydrogen) atoms. The second-order valence-electron chi connectivity index (χ2n) is 3.46. The molecule has 2 aliphatic carbocycles. The Morgan fingerprint density at radius 3 is 1.27 bits per heavy atom. The highest BCUT2D eigenvalue weighted by Gasteiger charge is 2.26. The molecule has 2 aliphatic rings. The Morgan fingerprint density at radius 2 is 1.09 bits per heavy atom. The highest BCUT2D eigenvalue weighted by atomic mass is 14.3. The average molecular weight is 156 g/mol. The molecule has 0 nitrogen and oxygen atoms in total. The molecule has 0 bridgehead atoms. The monoisotopic (exact) mass is 156 g/mol. The minimum atomic E-state index is 0. The number of hydrogen-bond donors (Lipinski definition) is 0. The zero-order valence-corrected chi connectivity index (χ0v) is 7.40. The first-order valence-corrected chi connectivity index (χ1v) is 4.95. The summed E-state index contributed by atoms with van der Waals surface area (Å²) in [5, 5.41) is 0. The van der Waals surface area contributed by atoms with Crippen molar-refractivity contribution < 1.29 is 0 Å². The lowest BCUT2D eigenvalue weighted by atomic mass is 10.2. The van der Waals surface area contributed by atoms with Crippen LogP contribution in [0, 0.1) is 11.8 Å². The molecular formula is C11H24. The van der Waals surface area contributed by atoms with E-state index in [4.69, 9.17) is 0 Å². The van der Waals surface area contributed by atoms with Gasteiger partial charge in [0, 0.05) is 0 Å². The molecule has 0 radical (unpaired) electrons. The predicted octanol–water partition coefficient (Wildman–Crippen LogP) is 4.25. The van der Waals surface area contributed by atoms with E-state index in [1.54, 1.807) is 38.5 Å². The molecule has 68 valence electrons. The van der Waals surface area contributed by atoms with Crippen molar-refractivity contribution in [2.24, 2.45) is 11.8 Å². The average Bonchev–Trinajstić information content (AvgIpc) is 2.85.